The maximum atomic E-state index is 12.1. The van der Waals surface area contributed by atoms with Gasteiger partial charge in [-0.1, -0.05) is 22.9 Å². The second-order valence-electron chi connectivity index (χ2n) is 5.03. The molecule has 0 bridgehead atoms. The van der Waals surface area contributed by atoms with Crippen molar-refractivity contribution >= 4 is 23.2 Å². The van der Waals surface area contributed by atoms with E-state index in [9.17, 15) is 4.79 Å². The monoisotopic (exact) mass is 305 g/mol. The highest BCUT2D eigenvalue weighted by Gasteiger charge is 2.18. The van der Waals surface area contributed by atoms with Crippen molar-refractivity contribution in [2.45, 2.75) is 18.9 Å². The summed E-state index contributed by atoms with van der Waals surface area (Å²) in [6.07, 6.45) is 3.70. The predicted molar refractivity (Wildman–Crippen MR) is 80.6 cm³/mol. The Morgan fingerprint density at radius 2 is 2.19 bits per heavy atom. The summed E-state index contributed by atoms with van der Waals surface area (Å²) in [5, 5.41) is 14.7. The third-order valence-electron chi connectivity index (χ3n) is 3.51. The minimum atomic E-state index is -0.280. The van der Waals surface area contributed by atoms with Crippen molar-refractivity contribution in [1.82, 2.24) is 20.3 Å². The van der Waals surface area contributed by atoms with E-state index in [1.54, 1.807) is 35.1 Å². The number of hydrogen-bond acceptors (Lipinski definition) is 4. The molecule has 0 unspecified atom stereocenters. The third kappa shape index (κ3) is 3.40. The molecule has 1 fully saturated rings. The van der Waals surface area contributed by atoms with E-state index < -0.39 is 0 Å². The molecule has 1 aromatic heterocycles. The molecule has 2 N–H and O–H groups in total. The zero-order chi connectivity index (χ0) is 14.7. The maximum Gasteiger partial charge on any atom is 0.277 e. The molecule has 0 radical (unpaired) electrons. The van der Waals surface area contributed by atoms with Gasteiger partial charge in [-0.05, 0) is 44.1 Å². The number of nitrogens with zero attached hydrogens (tertiary/aromatic N) is 3. The van der Waals surface area contributed by atoms with Gasteiger partial charge >= 0.3 is 0 Å². The molecule has 1 aromatic carbocycles. The Bertz CT molecular complexity index is 636. The number of halogens is 1. The molecule has 3 rings (SSSR count). The van der Waals surface area contributed by atoms with Gasteiger partial charge in [-0.2, -0.15) is 0 Å². The van der Waals surface area contributed by atoms with Gasteiger partial charge in [0.05, 0.1) is 12.2 Å². The van der Waals surface area contributed by atoms with Gasteiger partial charge in [0.1, 0.15) is 0 Å². The molecule has 1 aliphatic heterocycles. The minimum Gasteiger partial charge on any atom is -0.320 e. The molecular weight excluding hydrogens is 290 g/mol. The van der Waals surface area contributed by atoms with Crippen LogP contribution in [0.5, 0.6) is 0 Å². The van der Waals surface area contributed by atoms with E-state index >= 15 is 0 Å². The number of amides is 1. The van der Waals surface area contributed by atoms with Gasteiger partial charge in [0.25, 0.3) is 5.91 Å². The van der Waals surface area contributed by atoms with Gasteiger partial charge < -0.3 is 10.6 Å². The van der Waals surface area contributed by atoms with Crippen LogP contribution in [0.25, 0.3) is 0 Å². The van der Waals surface area contributed by atoms with Crippen molar-refractivity contribution in [3.8, 4) is 0 Å². The molecule has 7 heteroatoms. The number of benzene rings is 1. The van der Waals surface area contributed by atoms with Crippen LogP contribution in [0, 0.1) is 0 Å². The van der Waals surface area contributed by atoms with Gasteiger partial charge in [-0.15, -0.1) is 5.10 Å². The van der Waals surface area contributed by atoms with Crippen molar-refractivity contribution < 1.29 is 4.79 Å². The highest BCUT2D eigenvalue weighted by molar-refractivity contribution is 6.30. The Morgan fingerprint density at radius 3 is 2.95 bits per heavy atom. The fourth-order valence-corrected chi connectivity index (χ4v) is 2.58. The molecular formula is C14H16ClN5O. The number of aromatic nitrogens is 3. The lowest BCUT2D eigenvalue weighted by Crippen LogP contribution is -2.29. The lowest BCUT2D eigenvalue weighted by molar-refractivity contribution is 0.102. The largest absolute Gasteiger partial charge is 0.320 e. The summed E-state index contributed by atoms with van der Waals surface area (Å²) in [5.74, 6) is -0.280. The molecule has 1 saturated heterocycles. The number of carbonyl (C=O) groups excluding carboxylic acids is 1. The molecule has 0 saturated carbocycles. The molecule has 0 atom stereocenters. The summed E-state index contributed by atoms with van der Waals surface area (Å²) in [6, 6.07) is 7.32. The molecule has 110 valence electrons. The van der Waals surface area contributed by atoms with E-state index in [0.717, 1.165) is 25.9 Å². The van der Waals surface area contributed by atoms with Crippen molar-refractivity contribution in [3.63, 3.8) is 0 Å². The van der Waals surface area contributed by atoms with E-state index in [2.05, 4.69) is 20.9 Å². The Labute approximate surface area is 127 Å². The summed E-state index contributed by atoms with van der Waals surface area (Å²) in [7, 11) is 0. The lowest BCUT2D eigenvalue weighted by atomic mass is 10.1. The first-order valence-corrected chi connectivity index (χ1v) is 7.29. The van der Waals surface area contributed by atoms with Crippen molar-refractivity contribution in [2.24, 2.45) is 0 Å². The standard InChI is InChI=1S/C14H16ClN5O/c15-10-2-1-3-11(8-10)17-14(21)13-9-20(19-18-13)12-4-6-16-7-5-12/h1-3,8-9,12,16H,4-7H2,(H,17,21). The van der Waals surface area contributed by atoms with E-state index in [4.69, 9.17) is 11.6 Å². The fourth-order valence-electron chi connectivity index (χ4n) is 2.39. The van der Waals surface area contributed by atoms with Gasteiger partial charge in [-0.25, -0.2) is 4.68 Å². The number of nitrogens with one attached hydrogen (secondary N) is 2. The number of anilines is 1. The van der Waals surface area contributed by atoms with Gasteiger partial charge in [0, 0.05) is 10.7 Å². The third-order valence-corrected chi connectivity index (χ3v) is 3.74. The van der Waals surface area contributed by atoms with Crippen LogP contribution in [0.15, 0.2) is 30.5 Å². The van der Waals surface area contributed by atoms with Crippen LogP contribution in [-0.2, 0) is 0 Å². The number of piperidine rings is 1. The Hall–Kier alpha value is -1.92. The van der Waals surface area contributed by atoms with Crippen LogP contribution in [0.3, 0.4) is 0 Å². The zero-order valence-corrected chi connectivity index (χ0v) is 12.2. The first kappa shape index (κ1) is 14.0. The smallest absolute Gasteiger partial charge is 0.277 e. The summed E-state index contributed by atoms with van der Waals surface area (Å²) in [6.45, 7) is 1.93. The van der Waals surface area contributed by atoms with E-state index in [1.165, 1.54) is 0 Å². The molecule has 1 amide bonds. The SMILES string of the molecule is O=C(Nc1cccc(Cl)c1)c1cn(C2CCNCC2)nn1. The van der Waals surface area contributed by atoms with Gasteiger partial charge in [0.2, 0.25) is 0 Å². The van der Waals surface area contributed by atoms with Crippen LogP contribution in [0.1, 0.15) is 29.4 Å². The number of carbonyl (C=O) groups is 1. The topological polar surface area (TPSA) is 71.8 Å². The summed E-state index contributed by atoms with van der Waals surface area (Å²) in [4.78, 5) is 12.1. The number of hydrogen-bond donors (Lipinski definition) is 2. The van der Waals surface area contributed by atoms with Gasteiger partial charge in [0.15, 0.2) is 5.69 Å². The second-order valence-corrected chi connectivity index (χ2v) is 5.47. The van der Waals surface area contributed by atoms with E-state index in [1.807, 2.05) is 0 Å². The van der Waals surface area contributed by atoms with Crippen LogP contribution >= 0.6 is 11.6 Å². The maximum absolute atomic E-state index is 12.1. The van der Waals surface area contributed by atoms with Gasteiger partial charge in [-0.3, -0.25) is 4.79 Å². The molecule has 0 spiro atoms. The predicted octanol–water partition coefficient (Wildman–Crippen LogP) is 2.11. The first-order valence-electron chi connectivity index (χ1n) is 6.92. The Kier molecular flexibility index (Phi) is 4.17. The minimum absolute atomic E-state index is 0.280. The normalized spacial score (nSPS) is 15.9. The zero-order valence-electron chi connectivity index (χ0n) is 11.4. The second kappa shape index (κ2) is 6.24. The van der Waals surface area contributed by atoms with Crippen molar-refractivity contribution in [3.05, 3.63) is 41.2 Å². The highest BCUT2D eigenvalue weighted by atomic mass is 35.5. The molecule has 21 heavy (non-hydrogen) atoms. The van der Waals surface area contributed by atoms with Crippen LogP contribution < -0.4 is 10.6 Å². The van der Waals surface area contributed by atoms with Crippen LogP contribution in [0.4, 0.5) is 5.69 Å². The lowest BCUT2D eigenvalue weighted by Gasteiger charge is -2.22. The highest BCUT2D eigenvalue weighted by Crippen LogP contribution is 2.18. The summed E-state index contributed by atoms with van der Waals surface area (Å²) < 4.78 is 1.79. The molecule has 2 aromatic rings. The number of rotatable bonds is 3. The van der Waals surface area contributed by atoms with Crippen molar-refractivity contribution in [2.75, 3.05) is 18.4 Å². The average molecular weight is 306 g/mol. The molecule has 1 aliphatic rings. The fraction of sp³-hybridized carbons (Fsp3) is 0.357. The van der Waals surface area contributed by atoms with Crippen LogP contribution in [-0.4, -0.2) is 34.0 Å². The molecule has 2 heterocycles. The summed E-state index contributed by atoms with van der Waals surface area (Å²) >= 11 is 5.89. The van der Waals surface area contributed by atoms with Crippen LogP contribution in [0.2, 0.25) is 5.02 Å². The van der Waals surface area contributed by atoms with E-state index in [-0.39, 0.29) is 5.91 Å². The van der Waals surface area contributed by atoms with Crippen molar-refractivity contribution in [1.29, 1.82) is 0 Å². The Balaban J connectivity index is 1.69. The average Bonchev–Trinajstić information content (AvgIpc) is 2.98. The molecule has 0 aliphatic carbocycles. The van der Waals surface area contributed by atoms with E-state index in [0.29, 0.717) is 22.4 Å². The molecule has 6 nitrogen and oxygen atoms in total. The quantitative estimate of drug-likeness (QED) is 0.911. The Morgan fingerprint density at radius 1 is 1.38 bits per heavy atom. The first-order chi connectivity index (χ1) is 10.2. The summed E-state index contributed by atoms with van der Waals surface area (Å²) in [5.41, 5.74) is 0.956.